The molecule has 1 aromatic heterocycles. The van der Waals surface area contributed by atoms with Gasteiger partial charge in [0.05, 0.1) is 0 Å². The number of hydrogen-bond acceptors (Lipinski definition) is 6. The van der Waals surface area contributed by atoms with Crippen LogP contribution < -0.4 is 9.47 Å². The van der Waals surface area contributed by atoms with Gasteiger partial charge in [-0.25, -0.2) is 0 Å². The van der Waals surface area contributed by atoms with Crippen LogP contribution in [-0.4, -0.2) is 21.9 Å². The summed E-state index contributed by atoms with van der Waals surface area (Å²) in [5.41, 5.74) is 0. The molecule has 19 heavy (non-hydrogen) atoms. The van der Waals surface area contributed by atoms with Gasteiger partial charge in [-0.3, -0.25) is 0 Å². The second-order valence-electron chi connectivity index (χ2n) is 4.28. The van der Waals surface area contributed by atoms with Crippen LogP contribution in [0.1, 0.15) is 37.3 Å². The Kier molecular flexibility index (Phi) is 3.08. The third-order valence-corrected chi connectivity index (χ3v) is 2.93. The summed E-state index contributed by atoms with van der Waals surface area (Å²) in [6.45, 7) is 2.15. The molecule has 1 N–H and O–H groups in total. The number of aliphatic hydroxyl groups excluding tert-OH is 1. The van der Waals surface area contributed by atoms with E-state index >= 15 is 0 Å². The third kappa shape index (κ3) is 2.26. The molecule has 6 nitrogen and oxygen atoms in total. The molecule has 0 saturated heterocycles. The molecule has 6 heteroatoms. The second kappa shape index (κ2) is 4.89. The van der Waals surface area contributed by atoms with E-state index in [1.54, 1.807) is 0 Å². The summed E-state index contributed by atoms with van der Waals surface area (Å²) in [5, 5.41) is 13.4. The molecule has 0 amide bonds. The van der Waals surface area contributed by atoms with E-state index in [-0.39, 0.29) is 5.82 Å². The van der Waals surface area contributed by atoms with Crippen LogP contribution >= 0.6 is 0 Å². The van der Waals surface area contributed by atoms with Crippen molar-refractivity contribution in [1.29, 1.82) is 0 Å². The second-order valence-corrected chi connectivity index (χ2v) is 4.28. The summed E-state index contributed by atoms with van der Waals surface area (Å²) in [7, 11) is 0. The fourth-order valence-electron chi connectivity index (χ4n) is 1.84. The molecule has 100 valence electrons. The molecule has 0 spiro atoms. The Labute approximate surface area is 110 Å². The Balaban J connectivity index is 1.79. The van der Waals surface area contributed by atoms with E-state index in [0.717, 1.165) is 0 Å². The van der Waals surface area contributed by atoms with Gasteiger partial charge in [0.25, 0.3) is 5.89 Å². The number of nitrogens with zero attached hydrogens (tertiary/aromatic N) is 2. The number of para-hydroxylation sites is 2. The van der Waals surface area contributed by atoms with Crippen LogP contribution in [-0.2, 0) is 0 Å². The van der Waals surface area contributed by atoms with Crippen molar-refractivity contribution < 1.29 is 19.1 Å². The maximum Gasteiger partial charge on any atom is 0.271 e. The van der Waals surface area contributed by atoms with Crippen molar-refractivity contribution in [2.24, 2.45) is 0 Å². The molecule has 0 fully saturated rings. The van der Waals surface area contributed by atoms with Crippen LogP contribution in [0.25, 0.3) is 0 Å². The van der Waals surface area contributed by atoms with Crippen LogP contribution in [0.5, 0.6) is 11.5 Å². The van der Waals surface area contributed by atoms with Crippen molar-refractivity contribution in [2.75, 3.05) is 6.61 Å². The summed E-state index contributed by atoms with van der Waals surface area (Å²) >= 11 is 0. The maximum absolute atomic E-state index is 9.64. The number of ether oxygens (including phenoxy) is 2. The minimum atomic E-state index is -0.714. The summed E-state index contributed by atoms with van der Waals surface area (Å²) in [6.07, 6.45) is -0.626. The van der Waals surface area contributed by atoms with Gasteiger partial charge in [-0.1, -0.05) is 24.2 Å². The van der Waals surface area contributed by atoms with Gasteiger partial charge >= 0.3 is 0 Å². The highest BCUT2D eigenvalue weighted by atomic mass is 16.6. The van der Waals surface area contributed by atoms with E-state index in [4.69, 9.17) is 14.0 Å². The molecule has 2 atom stereocenters. The first kappa shape index (κ1) is 12.0. The molecule has 2 unspecified atom stereocenters. The van der Waals surface area contributed by atoms with Gasteiger partial charge in [-0.05, 0) is 18.6 Å². The van der Waals surface area contributed by atoms with Crippen molar-refractivity contribution >= 4 is 0 Å². The summed E-state index contributed by atoms with van der Waals surface area (Å²) in [4.78, 5) is 4.14. The number of rotatable bonds is 3. The van der Waals surface area contributed by atoms with E-state index in [0.29, 0.717) is 30.4 Å². The maximum atomic E-state index is 9.64. The van der Waals surface area contributed by atoms with E-state index in [1.807, 2.05) is 31.2 Å². The predicted octanol–water partition coefficient (Wildman–Crippen LogP) is 2.03. The smallest absolute Gasteiger partial charge is 0.271 e. The molecule has 0 bridgehead atoms. The number of aliphatic hydroxyl groups is 1. The average molecular weight is 262 g/mol. The minimum absolute atomic E-state index is 0.278. The fourth-order valence-corrected chi connectivity index (χ4v) is 1.84. The van der Waals surface area contributed by atoms with Crippen molar-refractivity contribution in [3.8, 4) is 11.5 Å². The fraction of sp³-hybridized carbons (Fsp3) is 0.385. The van der Waals surface area contributed by atoms with Gasteiger partial charge in [0, 0.05) is 0 Å². The van der Waals surface area contributed by atoms with Crippen LogP contribution in [0.2, 0.25) is 0 Å². The quantitative estimate of drug-likeness (QED) is 0.911. The third-order valence-electron chi connectivity index (χ3n) is 2.93. The SMILES string of the molecule is CCC(O)c1noc(C2COc3ccccc3O2)n1. The van der Waals surface area contributed by atoms with E-state index in [1.165, 1.54) is 0 Å². The molecule has 2 heterocycles. The topological polar surface area (TPSA) is 77.6 Å². The molecular formula is C13H14N2O4. The number of fused-ring (bicyclic) bond motifs is 1. The predicted molar refractivity (Wildman–Crippen MR) is 64.9 cm³/mol. The standard InChI is InChI=1S/C13H14N2O4/c1-2-8(16)12-14-13(19-15-12)11-7-17-9-5-3-4-6-10(9)18-11/h3-6,8,11,16H,2,7H2,1H3. The summed E-state index contributed by atoms with van der Waals surface area (Å²) < 4.78 is 16.4. The summed E-state index contributed by atoms with van der Waals surface area (Å²) in [6, 6.07) is 7.40. The molecular weight excluding hydrogens is 248 g/mol. The highest BCUT2D eigenvalue weighted by Crippen LogP contribution is 2.35. The van der Waals surface area contributed by atoms with Crippen LogP contribution in [0.4, 0.5) is 0 Å². The Hall–Kier alpha value is -2.08. The Bertz CT molecular complexity index is 569. The molecule has 1 aliphatic heterocycles. The van der Waals surface area contributed by atoms with Crippen molar-refractivity contribution in [3.63, 3.8) is 0 Å². The molecule has 3 rings (SSSR count). The lowest BCUT2D eigenvalue weighted by molar-refractivity contribution is 0.0665. The zero-order chi connectivity index (χ0) is 13.2. The van der Waals surface area contributed by atoms with Gasteiger partial charge in [-0.2, -0.15) is 4.98 Å². The highest BCUT2D eigenvalue weighted by Gasteiger charge is 2.28. The Morgan fingerprint density at radius 1 is 1.37 bits per heavy atom. The van der Waals surface area contributed by atoms with Crippen molar-refractivity contribution in [1.82, 2.24) is 10.1 Å². The average Bonchev–Trinajstić information content (AvgIpc) is 2.95. The zero-order valence-electron chi connectivity index (χ0n) is 10.4. The van der Waals surface area contributed by atoms with Gasteiger partial charge in [-0.15, -0.1) is 0 Å². The van der Waals surface area contributed by atoms with Gasteiger partial charge in [0.2, 0.25) is 6.10 Å². The van der Waals surface area contributed by atoms with Crippen LogP contribution in [0.15, 0.2) is 28.8 Å². The summed E-state index contributed by atoms with van der Waals surface area (Å²) in [5.74, 6) is 1.94. The first-order valence-corrected chi connectivity index (χ1v) is 6.18. The zero-order valence-corrected chi connectivity index (χ0v) is 10.4. The van der Waals surface area contributed by atoms with Crippen molar-refractivity contribution in [2.45, 2.75) is 25.6 Å². The van der Waals surface area contributed by atoms with E-state index in [2.05, 4.69) is 10.1 Å². The first-order chi connectivity index (χ1) is 9.28. The van der Waals surface area contributed by atoms with Crippen LogP contribution in [0, 0.1) is 0 Å². The van der Waals surface area contributed by atoms with Gasteiger partial charge < -0.3 is 19.1 Å². The monoisotopic (exact) mass is 262 g/mol. The van der Waals surface area contributed by atoms with E-state index in [9.17, 15) is 5.11 Å². The molecule has 0 radical (unpaired) electrons. The number of benzene rings is 1. The minimum Gasteiger partial charge on any atom is -0.485 e. The largest absolute Gasteiger partial charge is 0.485 e. The molecule has 1 aliphatic rings. The molecule has 0 aliphatic carbocycles. The van der Waals surface area contributed by atoms with Crippen molar-refractivity contribution in [3.05, 3.63) is 36.0 Å². The lowest BCUT2D eigenvalue weighted by Gasteiger charge is -2.23. The molecule has 0 saturated carbocycles. The normalized spacial score (nSPS) is 19.2. The van der Waals surface area contributed by atoms with E-state index < -0.39 is 12.2 Å². The number of hydrogen-bond donors (Lipinski definition) is 1. The van der Waals surface area contributed by atoms with Gasteiger partial charge in [0.15, 0.2) is 17.3 Å². The Morgan fingerprint density at radius 3 is 2.95 bits per heavy atom. The molecule has 1 aromatic carbocycles. The highest BCUT2D eigenvalue weighted by molar-refractivity contribution is 5.40. The van der Waals surface area contributed by atoms with Crippen LogP contribution in [0.3, 0.4) is 0 Å². The Morgan fingerprint density at radius 2 is 2.16 bits per heavy atom. The lowest BCUT2D eigenvalue weighted by atomic mass is 10.2. The molecule has 2 aromatic rings. The van der Waals surface area contributed by atoms with Gasteiger partial charge in [0.1, 0.15) is 12.7 Å². The first-order valence-electron chi connectivity index (χ1n) is 6.18. The lowest BCUT2D eigenvalue weighted by Crippen LogP contribution is -2.21. The number of aromatic nitrogens is 2.